The van der Waals surface area contributed by atoms with E-state index in [1.54, 1.807) is 36.4 Å². The summed E-state index contributed by atoms with van der Waals surface area (Å²) in [6.45, 7) is -0.376. The average molecular weight is 450 g/mol. The number of aromatic nitrogens is 2. The van der Waals surface area contributed by atoms with E-state index in [-0.39, 0.29) is 29.8 Å². The quantitative estimate of drug-likeness (QED) is 0.380. The predicted octanol–water partition coefficient (Wildman–Crippen LogP) is 2.71. The number of methoxy groups -OCH3 is 3. The van der Waals surface area contributed by atoms with Gasteiger partial charge < -0.3 is 18.6 Å². The minimum absolute atomic E-state index is 0.0810. The maximum Gasteiger partial charge on any atom is 0.332 e. The highest BCUT2D eigenvalue weighted by Crippen LogP contribution is 2.30. The normalized spacial score (nSPS) is 10.9. The Bertz CT molecular complexity index is 1430. The summed E-state index contributed by atoms with van der Waals surface area (Å²) in [6.07, 6.45) is 1.46. The number of furan rings is 1. The van der Waals surface area contributed by atoms with Crippen LogP contribution >= 0.6 is 0 Å². The number of carbonyl (C=O) groups is 1. The van der Waals surface area contributed by atoms with Crippen LogP contribution in [-0.2, 0) is 13.1 Å². The molecule has 2 aromatic carbocycles. The predicted molar refractivity (Wildman–Crippen MR) is 121 cm³/mol. The molecule has 2 aromatic heterocycles. The smallest absolute Gasteiger partial charge is 0.332 e. The number of rotatable bonds is 8. The Morgan fingerprint density at radius 2 is 1.67 bits per heavy atom. The van der Waals surface area contributed by atoms with E-state index in [1.165, 1.54) is 44.3 Å². The number of hydrogen-bond donors (Lipinski definition) is 0. The molecule has 0 aliphatic rings. The lowest BCUT2D eigenvalue weighted by Gasteiger charge is -2.16. The van der Waals surface area contributed by atoms with Crippen molar-refractivity contribution in [2.24, 2.45) is 0 Å². The largest absolute Gasteiger partial charge is 0.497 e. The Hall–Kier alpha value is -4.27. The van der Waals surface area contributed by atoms with Gasteiger partial charge in [-0.25, -0.2) is 4.79 Å². The lowest BCUT2D eigenvalue weighted by atomic mass is 10.1. The molecule has 33 heavy (non-hydrogen) atoms. The van der Waals surface area contributed by atoms with E-state index in [2.05, 4.69) is 0 Å². The van der Waals surface area contributed by atoms with Crippen LogP contribution in [0.3, 0.4) is 0 Å². The SMILES string of the molecule is COc1cccc(C(=O)Cn2c(=O)n(Cc3ccco3)c(=O)c3cc(OC)c(OC)cc32)c1. The number of Topliss-reactive ketones (excluding diaryl/α,β-unsaturated/α-hetero) is 1. The third-order valence-electron chi connectivity index (χ3n) is 5.32. The number of hydrogen-bond acceptors (Lipinski definition) is 7. The van der Waals surface area contributed by atoms with Gasteiger partial charge in [-0.3, -0.25) is 18.7 Å². The molecule has 0 amide bonds. The summed E-state index contributed by atoms with van der Waals surface area (Å²) in [5.74, 6) is 1.29. The zero-order valence-electron chi connectivity index (χ0n) is 18.4. The molecular weight excluding hydrogens is 428 g/mol. The number of ketones is 1. The standard InChI is InChI=1S/C24H22N2O7/c1-30-16-7-4-6-15(10-16)20(27)14-25-19-12-22(32-3)21(31-2)11-18(19)23(28)26(24(25)29)13-17-8-5-9-33-17/h4-12H,13-14H2,1-3H3. The molecule has 0 unspecified atom stereocenters. The van der Waals surface area contributed by atoms with Gasteiger partial charge in [0.25, 0.3) is 5.56 Å². The summed E-state index contributed by atoms with van der Waals surface area (Å²) in [5, 5.41) is 0.206. The molecule has 170 valence electrons. The van der Waals surface area contributed by atoms with Crippen LogP contribution in [-0.4, -0.2) is 36.2 Å². The third-order valence-corrected chi connectivity index (χ3v) is 5.32. The number of fused-ring (bicyclic) bond motifs is 1. The second-order valence-corrected chi connectivity index (χ2v) is 7.22. The molecule has 0 fully saturated rings. The summed E-state index contributed by atoms with van der Waals surface area (Å²) in [7, 11) is 4.41. The van der Waals surface area contributed by atoms with Crippen molar-refractivity contribution in [1.82, 2.24) is 9.13 Å². The molecule has 0 bridgehead atoms. The highest BCUT2D eigenvalue weighted by Gasteiger charge is 2.20. The minimum atomic E-state index is -0.646. The van der Waals surface area contributed by atoms with E-state index in [4.69, 9.17) is 18.6 Å². The van der Waals surface area contributed by atoms with Crippen molar-refractivity contribution in [2.45, 2.75) is 13.1 Å². The molecule has 4 rings (SSSR count). The van der Waals surface area contributed by atoms with E-state index in [9.17, 15) is 14.4 Å². The second kappa shape index (κ2) is 9.07. The van der Waals surface area contributed by atoms with E-state index >= 15 is 0 Å². The van der Waals surface area contributed by atoms with Crippen LogP contribution in [0.1, 0.15) is 16.1 Å². The zero-order chi connectivity index (χ0) is 23.5. The number of benzene rings is 2. The highest BCUT2D eigenvalue weighted by atomic mass is 16.5. The maximum atomic E-state index is 13.4. The van der Waals surface area contributed by atoms with Crippen LogP contribution < -0.4 is 25.5 Å². The first-order valence-electron chi connectivity index (χ1n) is 10.1. The number of ether oxygens (including phenoxy) is 3. The lowest BCUT2D eigenvalue weighted by molar-refractivity contribution is 0.0971. The molecule has 9 heteroatoms. The lowest BCUT2D eigenvalue weighted by Crippen LogP contribution is -2.41. The molecule has 9 nitrogen and oxygen atoms in total. The molecule has 0 aliphatic carbocycles. The van der Waals surface area contributed by atoms with Crippen LogP contribution in [0.4, 0.5) is 0 Å². The van der Waals surface area contributed by atoms with Gasteiger partial charge in [0, 0.05) is 11.6 Å². The van der Waals surface area contributed by atoms with Gasteiger partial charge in [-0.1, -0.05) is 12.1 Å². The van der Waals surface area contributed by atoms with Crippen LogP contribution in [0.2, 0.25) is 0 Å². The zero-order valence-corrected chi connectivity index (χ0v) is 18.4. The average Bonchev–Trinajstić information content (AvgIpc) is 3.36. The molecule has 0 spiro atoms. The van der Waals surface area contributed by atoms with Crippen molar-refractivity contribution in [2.75, 3.05) is 21.3 Å². The van der Waals surface area contributed by atoms with Gasteiger partial charge in [0.05, 0.1) is 51.6 Å². The molecule has 2 heterocycles. The topological polar surface area (TPSA) is 102 Å². The van der Waals surface area contributed by atoms with Crippen molar-refractivity contribution in [1.29, 1.82) is 0 Å². The van der Waals surface area contributed by atoms with Crippen molar-refractivity contribution < 1.29 is 23.4 Å². The summed E-state index contributed by atoms with van der Waals surface area (Å²) < 4.78 is 23.5. The highest BCUT2D eigenvalue weighted by molar-refractivity contribution is 5.97. The second-order valence-electron chi connectivity index (χ2n) is 7.22. The minimum Gasteiger partial charge on any atom is -0.497 e. The monoisotopic (exact) mass is 450 g/mol. The Morgan fingerprint density at radius 3 is 2.33 bits per heavy atom. The number of nitrogens with zero attached hydrogens (tertiary/aromatic N) is 2. The van der Waals surface area contributed by atoms with Crippen molar-refractivity contribution >= 4 is 16.7 Å². The molecule has 4 aromatic rings. The van der Waals surface area contributed by atoms with Gasteiger partial charge in [-0.15, -0.1) is 0 Å². The van der Waals surface area contributed by atoms with Crippen molar-refractivity contribution in [3.8, 4) is 17.2 Å². The Morgan fingerprint density at radius 1 is 0.909 bits per heavy atom. The van der Waals surface area contributed by atoms with Gasteiger partial charge >= 0.3 is 5.69 Å². The molecule has 0 saturated carbocycles. The van der Waals surface area contributed by atoms with E-state index in [0.29, 0.717) is 28.6 Å². The van der Waals surface area contributed by atoms with Crippen LogP contribution in [0.25, 0.3) is 10.9 Å². The van der Waals surface area contributed by atoms with Gasteiger partial charge in [0.1, 0.15) is 11.5 Å². The summed E-state index contributed by atoms with van der Waals surface area (Å²) in [5.41, 5.74) is -0.543. The van der Waals surface area contributed by atoms with E-state index in [0.717, 1.165) is 4.57 Å². The van der Waals surface area contributed by atoms with Crippen LogP contribution in [0, 0.1) is 0 Å². The first kappa shape index (κ1) is 21.9. The van der Waals surface area contributed by atoms with Gasteiger partial charge in [-0.2, -0.15) is 0 Å². The summed E-state index contributed by atoms with van der Waals surface area (Å²) in [6, 6.07) is 13.0. The maximum absolute atomic E-state index is 13.4. The third kappa shape index (κ3) is 4.12. The van der Waals surface area contributed by atoms with Crippen molar-refractivity contribution in [3.63, 3.8) is 0 Å². The fourth-order valence-electron chi connectivity index (χ4n) is 3.63. The van der Waals surface area contributed by atoms with E-state index < -0.39 is 11.2 Å². The van der Waals surface area contributed by atoms with Crippen LogP contribution in [0.15, 0.2) is 68.8 Å². The first-order chi connectivity index (χ1) is 16.0. The van der Waals surface area contributed by atoms with Gasteiger partial charge in [0.2, 0.25) is 0 Å². The van der Waals surface area contributed by atoms with Crippen LogP contribution in [0.5, 0.6) is 17.2 Å². The van der Waals surface area contributed by atoms with Crippen molar-refractivity contribution in [3.05, 3.63) is 87.0 Å². The van der Waals surface area contributed by atoms with Gasteiger partial charge in [-0.05, 0) is 30.3 Å². The molecule has 0 radical (unpaired) electrons. The van der Waals surface area contributed by atoms with Gasteiger partial charge in [0.15, 0.2) is 17.3 Å². The molecule has 0 N–H and O–H groups in total. The summed E-state index contributed by atoms with van der Waals surface area (Å²) in [4.78, 5) is 39.7. The summed E-state index contributed by atoms with van der Waals surface area (Å²) >= 11 is 0. The number of carbonyl (C=O) groups excluding carboxylic acids is 1. The molecular formula is C24H22N2O7. The Kier molecular flexibility index (Phi) is 6.03. The fraction of sp³-hybridized carbons (Fsp3) is 0.208. The molecule has 0 saturated heterocycles. The van der Waals surface area contributed by atoms with E-state index in [1.807, 2.05) is 0 Å². The first-order valence-corrected chi connectivity index (χ1v) is 10.1. The fourth-order valence-corrected chi connectivity index (χ4v) is 3.63. The Labute approximate surface area is 188 Å². The molecule has 0 aliphatic heterocycles. The molecule has 0 atom stereocenters. The Balaban J connectivity index is 1.92.